The highest BCUT2D eigenvalue weighted by molar-refractivity contribution is 5.90. The summed E-state index contributed by atoms with van der Waals surface area (Å²) in [6.07, 6.45) is 1.41. The van der Waals surface area contributed by atoms with Gasteiger partial charge in [-0.05, 0) is 114 Å². The van der Waals surface area contributed by atoms with E-state index in [0.29, 0.717) is 17.7 Å². The van der Waals surface area contributed by atoms with E-state index in [1.807, 2.05) is 65.0 Å². The number of carbonyl (C=O) groups excluding carboxylic acids is 3. The Hall–Kier alpha value is -3.39. The first-order valence-electron chi connectivity index (χ1n) is 13.3. The Bertz CT molecular complexity index is 1240. The molecule has 1 amide bonds. The zero-order valence-electron chi connectivity index (χ0n) is 24.7. The zero-order chi connectivity index (χ0) is 29.2. The van der Waals surface area contributed by atoms with Crippen molar-refractivity contribution < 1.29 is 28.6 Å². The van der Waals surface area contributed by atoms with Crippen LogP contribution in [0.2, 0.25) is 0 Å². The van der Waals surface area contributed by atoms with Gasteiger partial charge in [-0.3, -0.25) is 4.90 Å². The highest BCUT2D eigenvalue weighted by Gasteiger charge is 2.40. The van der Waals surface area contributed by atoms with Crippen LogP contribution >= 0.6 is 0 Å². The SMILES string of the molecule is COC(=O)c1ccc2c(c1)C(C)(C)N(C(=O)OC(C)(C)C)CC2.COC(=O)c1ccc2c(c1)C(C)(C)NCC2. The van der Waals surface area contributed by atoms with Crippen molar-refractivity contribution in [3.63, 3.8) is 0 Å². The Labute approximate surface area is 232 Å². The van der Waals surface area contributed by atoms with Gasteiger partial charge in [0, 0.05) is 12.1 Å². The molecular formula is C31H42N2O6. The van der Waals surface area contributed by atoms with Crippen molar-refractivity contribution in [2.75, 3.05) is 27.3 Å². The van der Waals surface area contributed by atoms with E-state index >= 15 is 0 Å². The molecule has 1 N–H and O–H groups in total. The molecule has 2 heterocycles. The van der Waals surface area contributed by atoms with E-state index < -0.39 is 11.1 Å². The first kappa shape index (κ1) is 30.2. The second-order valence-corrected chi connectivity index (χ2v) is 12.0. The van der Waals surface area contributed by atoms with Crippen molar-refractivity contribution in [1.29, 1.82) is 0 Å². The van der Waals surface area contributed by atoms with Crippen LogP contribution in [-0.2, 0) is 38.1 Å². The van der Waals surface area contributed by atoms with E-state index in [4.69, 9.17) is 14.2 Å². The number of hydrogen-bond acceptors (Lipinski definition) is 7. The van der Waals surface area contributed by atoms with Crippen LogP contribution in [0.3, 0.4) is 0 Å². The number of methoxy groups -OCH3 is 2. The topological polar surface area (TPSA) is 94.2 Å². The van der Waals surface area contributed by atoms with E-state index in [0.717, 1.165) is 30.5 Å². The monoisotopic (exact) mass is 538 g/mol. The van der Waals surface area contributed by atoms with Crippen LogP contribution in [0.1, 0.15) is 91.4 Å². The minimum atomic E-state index is -0.556. The van der Waals surface area contributed by atoms with Gasteiger partial charge in [0.25, 0.3) is 0 Å². The maximum Gasteiger partial charge on any atom is 0.411 e. The number of nitrogens with one attached hydrogen (secondary N) is 1. The Balaban J connectivity index is 0.000000230. The molecule has 39 heavy (non-hydrogen) atoms. The van der Waals surface area contributed by atoms with Gasteiger partial charge in [-0.2, -0.15) is 0 Å². The lowest BCUT2D eigenvalue weighted by atomic mass is 9.82. The smallest absolute Gasteiger partial charge is 0.411 e. The molecule has 8 heteroatoms. The molecule has 212 valence electrons. The van der Waals surface area contributed by atoms with Gasteiger partial charge in [-0.25, -0.2) is 14.4 Å². The fraction of sp³-hybridized carbons (Fsp3) is 0.516. The van der Waals surface area contributed by atoms with Crippen molar-refractivity contribution in [3.05, 3.63) is 69.8 Å². The second-order valence-electron chi connectivity index (χ2n) is 12.0. The maximum atomic E-state index is 12.5. The van der Waals surface area contributed by atoms with E-state index in [1.165, 1.54) is 25.3 Å². The van der Waals surface area contributed by atoms with Gasteiger partial charge in [0.15, 0.2) is 0 Å². The van der Waals surface area contributed by atoms with Crippen molar-refractivity contribution in [2.45, 2.75) is 78.0 Å². The van der Waals surface area contributed by atoms with Crippen LogP contribution in [-0.4, -0.2) is 55.8 Å². The number of fused-ring (bicyclic) bond motifs is 2. The molecule has 2 aromatic rings. The molecule has 4 rings (SSSR count). The standard InChI is InChI=1S/C18H25NO4.C13H17NO2/c1-17(2,3)23-16(21)19-10-9-12-7-8-13(15(20)22-6)11-14(12)18(19,4)5;1-13(2)11-8-10(12(15)16-3)5-4-9(11)6-7-14-13/h7-8,11H,9-10H2,1-6H3;4-5,8,14H,6-7H2,1-3H3. The quantitative estimate of drug-likeness (QED) is 0.407. The van der Waals surface area contributed by atoms with Crippen LogP contribution in [0.25, 0.3) is 0 Å². The number of rotatable bonds is 2. The van der Waals surface area contributed by atoms with Gasteiger partial charge in [-0.1, -0.05) is 12.1 Å². The molecule has 0 aromatic heterocycles. The predicted octanol–water partition coefficient (Wildman–Crippen LogP) is 5.36. The van der Waals surface area contributed by atoms with Gasteiger partial charge in [0.1, 0.15) is 5.60 Å². The van der Waals surface area contributed by atoms with Crippen LogP contribution in [0.4, 0.5) is 4.79 Å². The highest BCUT2D eigenvalue weighted by atomic mass is 16.6. The van der Waals surface area contributed by atoms with Crippen LogP contribution in [0, 0.1) is 0 Å². The number of benzene rings is 2. The van der Waals surface area contributed by atoms with Crippen molar-refractivity contribution in [1.82, 2.24) is 10.2 Å². The van der Waals surface area contributed by atoms with Crippen molar-refractivity contribution in [2.24, 2.45) is 0 Å². The lowest BCUT2D eigenvalue weighted by Gasteiger charge is -2.44. The molecule has 0 radical (unpaired) electrons. The maximum absolute atomic E-state index is 12.5. The molecular weight excluding hydrogens is 496 g/mol. The molecule has 2 aliphatic rings. The molecule has 8 nitrogen and oxygen atoms in total. The Morgan fingerprint density at radius 1 is 0.821 bits per heavy atom. The average Bonchev–Trinajstić information content (AvgIpc) is 2.86. The number of nitrogens with zero attached hydrogens (tertiary/aromatic N) is 1. The van der Waals surface area contributed by atoms with Gasteiger partial charge in [0.2, 0.25) is 0 Å². The lowest BCUT2D eigenvalue weighted by Crippen LogP contribution is -2.51. The van der Waals surface area contributed by atoms with E-state index in [-0.39, 0.29) is 23.6 Å². The number of esters is 2. The number of amides is 1. The first-order chi connectivity index (χ1) is 18.1. The van der Waals surface area contributed by atoms with Crippen LogP contribution < -0.4 is 5.32 Å². The number of ether oxygens (including phenoxy) is 3. The minimum absolute atomic E-state index is 0.0718. The molecule has 0 saturated heterocycles. The van der Waals surface area contributed by atoms with E-state index in [1.54, 1.807) is 11.0 Å². The fourth-order valence-electron chi connectivity index (χ4n) is 5.13. The third kappa shape index (κ3) is 6.79. The molecule has 2 aromatic carbocycles. The minimum Gasteiger partial charge on any atom is -0.465 e. The average molecular weight is 539 g/mol. The molecule has 2 aliphatic heterocycles. The van der Waals surface area contributed by atoms with E-state index in [2.05, 4.69) is 19.2 Å². The summed E-state index contributed by atoms with van der Waals surface area (Å²) in [6.45, 7) is 15.3. The summed E-state index contributed by atoms with van der Waals surface area (Å²) in [5, 5.41) is 3.45. The Morgan fingerprint density at radius 2 is 1.33 bits per heavy atom. The zero-order valence-corrected chi connectivity index (χ0v) is 24.7. The normalized spacial score (nSPS) is 17.0. The summed E-state index contributed by atoms with van der Waals surface area (Å²) >= 11 is 0. The Kier molecular flexibility index (Phi) is 8.80. The Morgan fingerprint density at radius 3 is 1.85 bits per heavy atom. The first-order valence-corrected chi connectivity index (χ1v) is 13.3. The lowest BCUT2D eigenvalue weighted by molar-refractivity contribution is -0.000334. The van der Waals surface area contributed by atoms with Crippen molar-refractivity contribution >= 4 is 18.0 Å². The predicted molar refractivity (Wildman–Crippen MR) is 150 cm³/mol. The summed E-state index contributed by atoms with van der Waals surface area (Å²) in [6, 6.07) is 11.3. The van der Waals surface area contributed by atoms with E-state index in [9.17, 15) is 14.4 Å². The molecule has 0 aliphatic carbocycles. The highest BCUT2D eigenvalue weighted by Crippen LogP contribution is 2.36. The van der Waals surface area contributed by atoms with Gasteiger partial charge < -0.3 is 19.5 Å². The van der Waals surface area contributed by atoms with Gasteiger partial charge in [0.05, 0.1) is 30.9 Å². The largest absolute Gasteiger partial charge is 0.465 e. The third-order valence-corrected chi connectivity index (χ3v) is 7.25. The molecule has 0 unspecified atom stereocenters. The summed E-state index contributed by atoms with van der Waals surface area (Å²) in [5.41, 5.74) is 4.56. The second kappa shape index (κ2) is 11.4. The molecule has 0 bridgehead atoms. The molecule has 0 saturated carbocycles. The van der Waals surface area contributed by atoms with Crippen LogP contribution in [0.5, 0.6) is 0 Å². The van der Waals surface area contributed by atoms with Gasteiger partial charge in [-0.15, -0.1) is 0 Å². The van der Waals surface area contributed by atoms with Gasteiger partial charge >= 0.3 is 18.0 Å². The summed E-state index contributed by atoms with van der Waals surface area (Å²) in [5.74, 6) is -0.651. The molecule has 0 spiro atoms. The summed E-state index contributed by atoms with van der Waals surface area (Å²) in [7, 11) is 2.77. The summed E-state index contributed by atoms with van der Waals surface area (Å²) in [4.78, 5) is 37.5. The number of carbonyl (C=O) groups is 3. The van der Waals surface area contributed by atoms with Crippen molar-refractivity contribution in [3.8, 4) is 0 Å². The fourth-order valence-corrected chi connectivity index (χ4v) is 5.13. The number of hydrogen-bond donors (Lipinski definition) is 1. The van der Waals surface area contributed by atoms with Crippen LogP contribution in [0.15, 0.2) is 36.4 Å². The molecule has 0 fully saturated rings. The molecule has 0 atom stereocenters. The summed E-state index contributed by atoms with van der Waals surface area (Å²) < 4.78 is 15.0. The third-order valence-electron chi connectivity index (χ3n) is 7.25.